The zero-order valence-electron chi connectivity index (χ0n) is 9.64. The Labute approximate surface area is 94.5 Å². The van der Waals surface area contributed by atoms with E-state index in [4.69, 9.17) is 5.73 Å². The molecule has 4 nitrogen and oxygen atoms in total. The van der Waals surface area contributed by atoms with Gasteiger partial charge in [-0.3, -0.25) is 4.98 Å². The van der Waals surface area contributed by atoms with Gasteiger partial charge in [-0.25, -0.2) is 4.98 Å². The lowest BCUT2D eigenvalue weighted by atomic mass is 10.3. The number of nitrogen functional groups attached to an aromatic ring is 1. The molecule has 1 aliphatic rings. The Morgan fingerprint density at radius 2 is 2.12 bits per heavy atom. The fraction of sp³-hybridized carbons (Fsp3) is 0.500. The zero-order chi connectivity index (χ0) is 11.3. The van der Waals surface area contributed by atoms with Gasteiger partial charge in [-0.1, -0.05) is 0 Å². The van der Waals surface area contributed by atoms with Crippen LogP contribution in [0.1, 0.15) is 44.5 Å². The molecule has 4 heteroatoms. The standard InChI is InChI=1S/C12H16N4/c1-7(2)16-11-9(13)5-14-6-10(11)15-12(16)8-3-4-8/h5-8H,3-4,13H2,1-2H3. The largest absolute Gasteiger partial charge is 0.396 e. The number of fused-ring (bicyclic) bond motifs is 1. The van der Waals surface area contributed by atoms with Gasteiger partial charge in [0.1, 0.15) is 11.3 Å². The Kier molecular flexibility index (Phi) is 1.93. The first kappa shape index (κ1) is 9.63. The van der Waals surface area contributed by atoms with Crippen molar-refractivity contribution in [3.8, 4) is 0 Å². The average Bonchev–Trinajstić information content (AvgIpc) is 2.99. The Bertz CT molecular complexity index is 537. The number of imidazole rings is 1. The van der Waals surface area contributed by atoms with E-state index in [1.807, 2.05) is 0 Å². The maximum absolute atomic E-state index is 6.01. The third-order valence-electron chi connectivity index (χ3n) is 3.11. The highest BCUT2D eigenvalue weighted by Crippen LogP contribution is 2.42. The minimum atomic E-state index is 0.394. The molecule has 0 unspecified atom stereocenters. The lowest BCUT2D eigenvalue weighted by Gasteiger charge is -2.13. The van der Waals surface area contributed by atoms with Gasteiger partial charge in [0.25, 0.3) is 0 Å². The summed E-state index contributed by atoms with van der Waals surface area (Å²) in [6, 6.07) is 0.394. The predicted molar refractivity (Wildman–Crippen MR) is 64.3 cm³/mol. The molecule has 0 radical (unpaired) electrons. The van der Waals surface area contributed by atoms with Crippen molar-refractivity contribution in [1.29, 1.82) is 0 Å². The highest BCUT2D eigenvalue weighted by molar-refractivity contribution is 5.86. The first-order chi connectivity index (χ1) is 7.68. The third kappa shape index (κ3) is 1.29. The summed E-state index contributed by atoms with van der Waals surface area (Å²) in [7, 11) is 0. The van der Waals surface area contributed by atoms with Gasteiger partial charge >= 0.3 is 0 Å². The van der Waals surface area contributed by atoms with Crippen LogP contribution in [0.4, 0.5) is 5.69 Å². The molecule has 0 amide bonds. The molecule has 1 aliphatic carbocycles. The molecule has 84 valence electrons. The number of anilines is 1. The SMILES string of the molecule is CC(C)n1c(C2CC2)nc2cncc(N)c21. The summed E-state index contributed by atoms with van der Waals surface area (Å²) in [6.07, 6.45) is 6.02. The van der Waals surface area contributed by atoms with E-state index in [1.54, 1.807) is 12.4 Å². The summed E-state index contributed by atoms with van der Waals surface area (Å²) in [5.74, 6) is 1.82. The second kappa shape index (κ2) is 3.20. The Balaban J connectivity index is 2.34. The summed E-state index contributed by atoms with van der Waals surface area (Å²) in [5, 5.41) is 0. The van der Waals surface area contributed by atoms with Crippen LogP contribution in [0, 0.1) is 0 Å². The number of rotatable bonds is 2. The highest BCUT2D eigenvalue weighted by Gasteiger charge is 2.30. The van der Waals surface area contributed by atoms with Crippen LogP contribution in [0.15, 0.2) is 12.4 Å². The number of nitrogens with zero attached hydrogens (tertiary/aromatic N) is 3. The minimum absolute atomic E-state index is 0.394. The van der Waals surface area contributed by atoms with Crippen LogP contribution in [-0.2, 0) is 0 Å². The van der Waals surface area contributed by atoms with E-state index >= 15 is 0 Å². The molecule has 3 rings (SSSR count). The second-order valence-electron chi connectivity index (χ2n) is 4.80. The van der Waals surface area contributed by atoms with Crippen LogP contribution in [-0.4, -0.2) is 14.5 Å². The maximum Gasteiger partial charge on any atom is 0.113 e. The molecule has 2 aromatic rings. The molecule has 1 saturated carbocycles. The molecule has 2 heterocycles. The molecular weight excluding hydrogens is 200 g/mol. The summed E-state index contributed by atoms with van der Waals surface area (Å²) < 4.78 is 2.27. The van der Waals surface area contributed by atoms with Crippen molar-refractivity contribution in [3.63, 3.8) is 0 Å². The average molecular weight is 216 g/mol. The van der Waals surface area contributed by atoms with E-state index in [2.05, 4.69) is 28.4 Å². The van der Waals surface area contributed by atoms with Crippen molar-refractivity contribution in [1.82, 2.24) is 14.5 Å². The van der Waals surface area contributed by atoms with Gasteiger partial charge in [0.2, 0.25) is 0 Å². The van der Waals surface area contributed by atoms with Crippen LogP contribution in [0.2, 0.25) is 0 Å². The van der Waals surface area contributed by atoms with Gasteiger partial charge in [-0.15, -0.1) is 0 Å². The first-order valence-corrected chi connectivity index (χ1v) is 5.79. The van der Waals surface area contributed by atoms with Crippen LogP contribution >= 0.6 is 0 Å². The van der Waals surface area contributed by atoms with E-state index in [0.717, 1.165) is 16.7 Å². The van der Waals surface area contributed by atoms with E-state index in [-0.39, 0.29) is 0 Å². The van der Waals surface area contributed by atoms with Crippen molar-refractivity contribution in [2.75, 3.05) is 5.73 Å². The van der Waals surface area contributed by atoms with Crippen LogP contribution < -0.4 is 5.73 Å². The molecular formula is C12H16N4. The molecule has 0 aromatic carbocycles. The first-order valence-electron chi connectivity index (χ1n) is 5.79. The van der Waals surface area contributed by atoms with Gasteiger partial charge in [0.15, 0.2) is 0 Å². The lowest BCUT2D eigenvalue weighted by molar-refractivity contribution is 0.586. The smallest absolute Gasteiger partial charge is 0.113 e. The third-order valence-corrected chi connectivity index (χ3v) is 3.11. The maximum atomic E-state index is 6.01. The van der Waals surface area contributed by atoms with E-state index in [9.17, 15) is 0 Å². The van der Waals surface area contributed by atoms with Crippen molar-refractivity contribution in [2.24, 2.45) is 0 Å². The molecule has 1 fully saturated rings. The van der Waals surface area contributed by atoms with Crippen molar-refractivity contribution < 1.29 is 0 Å². The summed E-state index contributed by atoms with van der Waals surface area (Å²) in [6.45, 7) is 4.35. The number of hydrogen-bond acceptors (Lipinski definition) is 3. The fourth-order valence-corrected chi connectivity index (χ4v) is 2.25. The van der Waals surface area contributed by atoms with E-state index in [1.165, 1.54) is 18.7 Å². The van der Waals surface area contributed by atoms with Gasteiger partial charge in [0, 0.05) is 12.0 Å². The molecule has 0 atom stereocenters. The summed E-state index contributed by atoms with van der Waals surface area (Å²) >= 11 is 0. The topological polar surface area (TPSA) is 56.7 Å². The number of pyridine rings is 1. The highest BCUT2D eigenvalue weighted by atomic mass is 15.1. The lowest BCUT2D eigenvalue weighted by Crippen LogP contribution is -2.06. The number of aromatic nitrogens is 3. The van der Waals surface area contributed by atoms with Crippen molar-refractivity contribution >= 4 is 16.7 Å². The molecule has 0 spiro atoms. The molecule has 0 bridgehead atoms. The molecule has 0 aliphatic heterocycles. The van der Waals surface area contributed by atoms with Crippen LogP contribution in [0.25, 0.3) is 11.0 Å². The van der Waals surface area contributed by atoms with Crippen molar-refractivity contribution in [3.05, 3.63) is 18.2 Å². The molecule has 16 heavy (non-hydrogen) atoms. The van der Waals surface area contributed by atoms with Gasteiger partial charge in [-0.2, -0.15) is 0 Å². The second-order valence-corrected chi connectivity index (χ2v) is 4.80. The summed E-state index contributed by atoms with van der Waals surface area (Å²) in [5.41, 5.74) is 8.71. The van der Waals surface area contributed by atoms with Gasteiger partial charge < -0.3 is 10.3 Å². The Hall–Kier alpha value is -1.58. The van der Waals surface area contributed by atoms with Crippen LogP contribution in [0.5, 0.6) is 0 Å². The Morgan fingerprint density at radius 3 is 2.75 bits per heavy atom. The molecule has 2 N–H and O–H groups in total. The normalized spacial score (nSPS) is 16.2. The van der Waals surface area contributed by atoms with Crippen molar-refractivity contribution in [2.45, 2.75) is 38.6 Å². The van der Waals surface area contributed by atoms with E-state index in [0.29, 0.717) is 12.0 Å². The Morgan fingerprint density at radius 1 is 1.38 bits per heavy atom. The van der Waals surface area contributed by atoms with Gasteiger partial charge in [-0.05, 0) is 26.7 Å². The van der Waals surface area contributed by atoms with E-state index < -0.39 is 0 Å². The minimum Gasteiger partial charge on any atom is -0.396 e. The quantitative estimate of drug-likeness (QED) is 0.839. The van der Waals surface area contributed by atoms with Gasteiger partial charge in [0.05, 0.1) is 23.6 Å². The molecule has 2 aromatic heterocycles. The van der Waals surface area contributed by atoms with Crippen LogP contribution in [0.3, 0.4) is 0 Å². The fourth-order valence-electron chi connectivity index (χ4n) is 2.25. The monoisotopic (exact) mass is 216 g/mol. The summed E-state index contributed by atoms with van der Waals surface area (Å²) in [4.78, 5) is 8.78. The predicted octanol–water partition coefficient (Wildman–Crippen LogP) is 2.47. The number of hydrogen-bond donors (Lipinski definition) is 1. The number of nitrogens with two attached hydrogens (primary N) is 1. The zero-order valence-corrected chi connectivity index (χ0v) is 9.64. The molecule has 0 saturated heterocycles.